The molecule has 0 aliphatic rings. The first-order valence-electron chi connectivity index (χ1n) is 4.64. The summed E-state index contributed by atoms with van der Waals surface area (Å²) < 4.78 is 0. The van der Waals surface area contributed by atoms with Gasteiger partial charge in [-0.15, -0.1) is 0 Å². The molecule has 1 atom stereocenters. The molecule has 0 aromatic carbocycles. The van der Waals surface area contributed by atoms with Crippen molar-refractivity contribution in [2.45, 2.75) is 13.0 Å². The lowest BCUT2D eigenvalue weighted by molar-refractivity contribution is -0.129. The van der Waals surface area contributed by atoms with E-state index in [1.54, 1.807) is 21.0 Å². The molecule has 0 bridgehead atoms. The highest BCUT2D eigenvalue weighted by Crippen LogP contribution is 2.13. The monoisotopic (exact) mass is 244 g/mol. The fourth-order valence-electron chi connectivity index (χ4n) is 1.14. The molecule has 7 heteroatoms. The molecule has 88 valence electrons. The maximum Gasteiger partial charge on any atom is 0.271 e. The average Bonchev–Trinajstić information content (AvgIpc) is 2.23. The van der Waals surface area contributed by atoms with Crippen molar-refractivity contribution in [2.24, 2.45) is 0 Å². The molecule has 6 nitrogen and oxygen atoms in total. The molecule has 0 aliphatic heterocycles. The van der Waals surface area contributed by atoms with E-state index in [1.807, 2.05) is 0 Å². The quantitative estimate of drug-likeness (QED) is 0.802. The second-order valence-corrected chi connectivity index (χ2v) is 3.87. The topological polar surface area (TPSA) is 78.1 Å². The van der Waals surface area contributed by atoms with Crippen molar-refractivity contribution in [3.05, 3.63) is 21.7 Å². The van der Waals surface area contributed by atoms with E-state index in [2.05, 4.69) is 15.3 Å². The fourth-order valence-corrected chi connectivity index (χ4v) is 1.30. The van der Waals surface area contributed by atoms with Gasteiger partial charge in [-0.25, -0.2) is 4.98 Å². The van der Waals surface area contributed by atoms with Gasteiger partial charge in [0.25, 0.3) is 5.56 Å². The Morgan fingerprint density at radius 3 is 2.81 bits per heavy atom. The van der Waals surface area contributed by atoms with E-state index in [-0.39, 0.29) is 16.7 Å². The predicted octanol–water partition coefficient (Wildman–Crippen LogP) is 0.312. The second kappa shape index (κ2) is 4.98. The number of carbonyl (C=O) groups excluding carboxylic acids is 1. The third kappa shape index (κ3) is 2.73. The van der Waals surface area contributed by atoms with Crippen LogP contribution in [0.5, 0.6) is 0 Å². The Hall–Kier alpha value is -1.56. The maximum absolute atomic E-state index is 11.6. The van der Waals surface area contributed by atoms with Gasteiger partial charge in [-0.2, -0.15) is 0 Å². The number of nitrogens with one attached hydrogen (secondary N) is 2. The zero-order chi connectivity index (χ0) is 12.3. The first-order chi connectivity index (χ1) is 7.43. The van der Waals surface area contributed by atoms with Crippen molar-refractivity contribution in [1.29, 1.82) is 0 Å². The molecule has 16 heavy (non-hydrogen) atoms. The van der Waals surface area contributed by atoms with E-state index in [1.165, 1.54) is 11.2 Å². The Labute approximate surface area is 97.6 Å². The second-order valence-electron chi connectivity index (χ2n) is 3.49. The smallest absolute Gasteiger partial charge is 0.271 e. The number of H-pyrrole nitrogens is 1. The maximum atomic E-state index is 11.6. The van der Waals surface area contributed by atoms with E-state index in [0.717, 1.165) is 0 Å². The molecule has 0 aliphatic carbocycles. The zero-order valence-electron chi connectivity index (χ0n) is 9.24. The highest BCUT2D eigenvalue weighted by Gasteiger charge is 2.16. The number of amides is 1. The van der Waals surface area contributed by atoms with Crippen molar-refractivity contribution in [1.82, 2.24) is 14.9 Å². The number of carbonyl (C=O) groups is 1. The van der Waals surface area contributed by atoms with Crippen LogP contribution in [0.25, 0.3) is 0 Å². The van der Waals surface area contributed by atoms with Gasteiger partial charge < -0.3 is 15.2 Å². The van der Waals surface area contributed by atoms with Crippen molar-refractivity contribution in [3.8, 4) is 0 Å². The van der Waals surface area contributed by atoms with Crippen LogP contribution in [0.4, 0.5) is 5.82 Å². The lowest BCUT2D eigenvalue weighted by Crippen LogP contribution is -2.37. The van der Waals surface area contributed by atoms with E-state index < -0.39 is 11.6 Å². The number of rotatable bonds is 3. The van der Waals surface area contributed by atoms with Crippen LogP contribution in [-0.4, -0.2) is 40.9 Å². The number of aromatic amines is 1. The minimum atomic E-state index is -0.498. The van der Waals surface area contributed by atoms with Gasteiger partial charge in [0.2, 0.25) is 5.91 Å². The Morgan fingerprint density at radius 1 is 1.62 bits per heavy atom. The number of anilines is 1. The molecule has 1 aromatic rings. The van der Waals surface area contributed by atoms with Crippen molar-refractivity contribution >= 4 is 23.3 Å². The van der Waals surface area contributed by atoms with Crippen LogP contribution in [-0.2, 0) is 4.79 Å². The number of aromatic nitrogens is 2. The summed E-state index contributed by atoms with van der Waals surface area (Å²) in [5.74, 6) is 0.0752. The first kappa shape index (κ1) is 12.5. The summed E-state index contributed by atoms with van der Waals surface area (Å²) in [4.78, 5) is 30.3. The highest BCUT2D eigenvalue weighted by molar-refractivity contribution is 6.32. The highest BCUT2D eigenvalue weighted by atomic mass is 35.5. The largest absolute Gasteiger partial charge is 0.357 e. The average molecular weight is 245 g/mol. The van der Waals surface area contributed by atoms with Gasteiger partial charge in [0.05, 0.1) is 6.33 Å². The minimum absolute atomic E-state index is 0.0547. The van der Waals surface area contributed by atoms with Crippen LogP contribution < -0.4 is 10.9 Å². The molecule has 1 unspecified atom stereocenters. The molecule has 1 heterocycles. The summed E-state index contributed by atoms with van der Waals surface area (Å²) in [6, 6.07) is -0.498. The lowest BCUT2D eigenvalue weighted by Gasteiger charge is -2.18. The van der Waals surface area contributed by atoms with Crippen molar-refractivity contribution in [2.75, 3.05) is 19.4 Å². The van der Waals surface area contributed by atoms with E-state index >= 15 is 0 Å². The van der Waals surface area contributed by atoms with Gasteiger partial charge in [-0.05, 0) is 6.92 Å². The van der Waals surface area contributed by atoms with Crippen LogP contribution in [0.2, 0.25) is 5.02 Å². The standard InChI is InChI=1S/C9H13ClN4O2/c1-5(9(16)14(2)3)13-7-6(10)8(15)12-4-11-7/h4-5H,1-3H3,(H2,11,12,13,15). The van der Waals surface area contributed by atoms with Gasteiger partial charge in [-0.3, -0.25) is 9.59 Å². The van der Waals surface area contributed by atoms with E-state index in [0.29, 0.717) is 0 Å². The number of hydrogen-bond donors (Lipinski definition) is 2. The van der Waals surface area contributed by atoms with Crippen LogP contribution in [0.15, 0.2) is 11.1 Å². The number of likely N-dealkylation sites (N-methyl/N-ethyl adjacent to an activating group) is 1. The van der Waals surface area contributed by atoms with E-state index in [4.69, 9.17) is 11.6 Å². The van der Waals surface area contributed by atoms with Crippen LogP contribution >= 0.6 is 11.6 Å². The van der Waals surface area contributed by atoms with Gasteiger partial charge in [0.1, 0.15) is 11.1 Å². The number of hydrogen-bond acceptors (Lipinski definition) is 4. The van der Waals surface area contributed by atoms with Crippen LogP contribution in [0.1, 0.15) is 6.92 Å². The van der Waals surface area contributed by atoms with Crippen molar-refractivity contribution < 1.29 is 4.79 Å². The molecule has 2 N–H and O–H groups in total. The summed E-state index contributed by atoms with van der Waals surface area (Å²) in [5.41, 5.74) is -0.441. The van der Waals surface area contributed by atoms with Crippen LogP contribution in [0, 0.1) is 0 Å². The molecule has 1 rings (SSSR count). The Balaban J connectivity index is 2.85. The molecular weight excluding hydrogens is 232 g/mol. The third-order valence-corrected chi connectivity index (χ3v) is 2.31. The molecule has 0 fully saturated rings. The SMILES string of the molecule is CC(Nc1nc[nH]c(=O)c1Cl)C(=O)N(C)C. The molecule has 1 aromatic heterocycles. The van der Waals surface area contributed by atoms with Crippen LogP contribution in [0.3, 0.4) is 0 Å². The van der Waals surface area contributed by atoms with E-state index in [9.17, 15) is 9.59 Å². The Kier molecular flexibility index (Phi) is 3.89. The van der Waals surface area contributed by atoms with Gasteiger partial charge in [0.15, 0.2) is 5.82 Å². The number of halogens is 1. The summed E-state index contributed by atoms with van der Waals surface area (Å²) >= 11 is 5.73. The fraction of sp³-hybridized carbons (Fsp3) is 0.444. The Bertz CT molecular complexity index is 443. The molecule has 0 saturated carbocycles. The molecule has 0 spiro atoms. The molecule has 0 saturated heterocycles. The summed E-state index contributed by atoms with van der Waals surface area (Å²) in [6.07, 6.45) is 1.23. The normalized spacial score (nSPS) is 12.0. The molecular formula is C9H13ClN4O2. The zero-order valence-corrected chi connectivity index (χ0v) is 10.00. The number of nitrogens with zero attached hydrogens (tertiary/aromatic N) is 2. The molecule has 0 radical (unpaired) electrons. The lowest BCUT2D eigenvalue weighted by atomic mass is 10.3. The predicted molar refractivity (Wildman–Crippen MR) is 61.6 cm³/mol. The Morgan fingerprint density at radius 2 is 2.25 bits per heavy atom. The third-order valence-electron chi connectivity index (χ3n) is 1.96. The molecule has 1 amide bonds. The first-order valence-corrected chi connectivity index (χ1v) is 5.02. The summed E-state index contributed by atoms with van der Waals surface area (Å²) in [7, 11) is 3.29. The van der Waals surface area contributed by atoms with Gasteiger partial charge in [-0.1, -0.05) is 11.6 Å². The van der Waals surface area contributed by atoms with Gasteiger partial charge >= 0.3 is 0 Å². The van der Waals surface area contributed by atoms with Crippen molar-refractivity contribution in [3.63, 3.8) is 0 Å². The minimum Gasteiger partial charge on any atom is -0.357 e. The van der Waals surface area contributed by atoms with Gasteiger partial charge in [0, 0.05) is 14.1 Å². The summed E-state index contributed by atoms with van der Waals surface area (Å²) in [6.45, 7) is 1.67. The summed E-state index contributed by atoms with van der Waals surface area (Å²) in [5, 5.41) is 2.72.